The van der Waals surface area contributed by atoms with Gasteiger partial charge in [0.05, 0.1) is 4.90 Å². The van der Waals surface area contributed by atoms with Crippen molar-refractivity contribution in [2.75, 3.05) is 13.1 Å². The monoisotopic (exact) mass is 291 g/mol. The van der Waals surface area contributed by atoms with E-state index in [2.05, 4.69) is 13.0 Å². The third-order valence-corrected chi connectivity index (χ3v) is 5.33. The van der Waals surface area contributed by atoms with E-state index < -0.39 is 10.0 Å². The molecule has 1 heterocycles. The van der Waals surface area contributed by atoms with Gasteiger partial charge in [-0.25, -0.2) is 8.42 Å². The summed E-state index contributed by atoms with van der Waals surface area (Å²) < 4.78 is 26.8. The molecule has 0 aliphatic carbocycles. The molecule has 0 radical (unpaired) electrons. The maximum absolute atomic E-state index is 12.6. The van der Waals surface area contributed by atoms with Crippen molar-refractivity contribution in [2.45, 2.75) is 31.6 Å². The molecule has 4 heteroatoms. The predicted molar refractivity (Wildman–Crippen MR) is 82.1 cm³/mol. The van der Waals surface area contributed by atoms with Crippen molar-refractivity contribution in [3.05, 3.63) is 53.6 Å². The van der Waals surface area contributed by atoms with Crippen LogP contribution in [-0.4, -0.2) is 25.8 Å². The minimum Gasteiger partial charge on any atom is -0.207 e. The third kappa shape index (κ3) is 3.58. The number of nitrogens with zero attached hydrogens (tertiary/aromatic N) is 1. The molecule has 1 aromatic carbocycles. The molecule has 1 aliphatic heterocycles. The maximum atomic E-state index is 12.6. The zero-order valence-electron chi connectivity index (χ0n) is 12.0. The van der Waals surface area contributed by atoms with E-state index in [1.807, 2.05) is 31.2 Å². The molecule has 0 atom stereocenters. The zero-order valence-corrected chi connectivity index (χ0v) is 12.9. The van der Waals surface area contributed by atoms with Gasteiger partial charge in [0, 0.05) is 13.1 Å². The van der Waals surface area contributed by atoms with Gasteiger partial charge >= 0.3 is 0 Å². The summed E-state index contributed by atoms with van der Waals surface area (Å²) in [7, 11) is -3.42. The summed E-state index contributed by atoms with van der Waals surface area (Å²) in [4.78, 5) is 0.363. The molecule has 108 valence electrons. The lowest BCUT2D eigenvalue weighted by Gasteiger charge is -2.19. The van der Waals surface area contributed by atoms with Crippen LogP contribution in [0.25, 0.3) is 0 Å². The smallest absolute Gasteiger partial charge is 0.207 e. The standard InChI is InChI=1S/C16H21NO2S/c1-14-6-4-3-5-12-17(13-11-14)20(18,19)16-9-7-15(2)8-10-16/h3,5,7-11H,4,6,12-13H2,1-2H3/b5-3-,14-11-. The molecular formula is C16H21NO2S. The molecule has 2 rings (SSSR count). The number of rotatable bonds is 2. The Balaban J connectivity index is 2.31. The molecule has 0 bridgehead atoms. The Kier molecular flexibility index (Phi) is 4.78. The first kappa shape index (κ1) is 15.0. The van der Waals surface area contributed by atoms with Crippen molar-refractivity contribution in [3.63, 3.8) is 0 Å². The van der Waals surface area contributed by atoms with Crippen molar-refractivity contribution >= 4 is 10.0 Å². The van der Waals surface area contributed by atoms with Gasteiger partial charge in [0.25, 0.3) is 0 Å². The predicted octanol–water partition coefficient (Wildman–Crippen LogP) is 3.28. The average Bonchev–Trinajstić information content (AvgIpc) is 2.51. The van der Waals surface area contributed by atoms with Gasteiger partial charge < -0.3 is 0 Å². The van der Waals surface area contributed by atoms with E-state index in [9.17, 15) is 8.42 Å². The molecule has 0 amide bonds. The Morgan fingerprint density at radius 1 is 1.00 bits per heavy atom. The van der Waals surface area contributed by atoms with Gasteiger partial charge in [-0.3, -0.25) is 0 Å². The first-order valence-electron chi connectivity index (χ1n) is 6.87. The first-order chi connectivity index (χ1) is 9.50. The third-order valence-electron chi connectivity index (χ3n) is 3.48. The molecule has 0 unspecified atom stereocenters. The molecule has 0 N–H and O–H groups in total. The van der Waals surface area contributed by atoms with Crippen LogP contribution in [0.4, 0.5) is 0 Å². The topological polar surface area (TPSA) is 37.4 Å². The van der Waals surface area contributed by atoms with Crippen molar-refractivity contribution in [3.8, 4) is 0 Å². The highest BCUT2D eigenvalue weighted by Gasteiger charge is 2.22. The summed E-state index contributed by atoms with van der Waals surface area (Å²) in [6, 6.07) is 7.02. The lowest BCUT2D eigenvalue weighted by Crippen LogP contribution is -2.31. The molecule has 0 fully saturated rings. The average molecular weight is 291 g/mol. The van der Waals surface area contributed by atoms with E-state index in [0.717, 1.165) is 18.4 Å². The number of benzene rings is 1. The summed E-state index contributed by atoms with van der Waals surface area (Å²) >= 11 is 0. The van der Waals surface area contributed by atoms with Crippen LogP contribution in [0, 0.1) is 6.92 Å². The van der Waals surface area contributed by atoms with Crippen LogP contribution < -0.4 is 0 Å². The van der Waals surface area contributed by atoms with Gasteiger partial charge in [0.2, 0.25) is 10.0 Å². The molecule has 3 nitrogen and oxygen atoms in total. The van der Waals surface area contributed by atoms with Crippen LogP contribution >= 0.6 is 0 Å². The highest BCUT2D eigenvalue weighted by Crippen LogP contribution is 2.18. The molecule has 0 spiro atoms. The molecular weight excluding hydrogens is 270 g/mol. The fourth-order valence-electron chi connectivity index (χ4n) is 2.11. The molecule has 1 aromatic rings. The first-order valence-corrected chi connectivity index (χ1v) is 8.31. The highest BCUT2D eigenvalue weighted by atomic mass is 32.2. The van der Waals surface area contributed by atoms with E-state index in [0.29, 0.717) is 18.0 Å². The summed E-state index contributed by atoms with van der Waals surface area (Å²) in [6.07, 6.45) is 7.98. The second-order valence-electron chi connectivity index (χ2n) is 5.20. The molecule has 0 aromatic heterocycles. The Morgan fingerprint density at radius 2 is 1.70 bits per heavy atom. The Morgan fingerprint density at radius 3 is 2.40 bits per heavy atom. The SMILES string of the molecule is C/C1=C/CN(S(=O)(=O)c2ccc(C)cc2)C/C=C\CC1. The maximum Gasteiger partial charge on any atom is 0.243 e. The van der Waals surface area contributed by atoms with Gasteiger partial charge in [-0.2, -0.15) is 4.31 Å². The fraction of sp³-hybridized carbons (Fsp3) is 0.375. The summed E-state index contributed by atoms with van der Waals surface area (Å²) in [5.74, 6) is 0. The number of sulfonamides is 1. The number of hydrogen-bond donors (Lipinski definition) is 0. The van der Waals surface area contributed by atoms with Crippen molar-refractivity contribution in [1.29, 1.82) is 0 Å². The minimum absolute atomic E-state index is 0.363. The lowest BCUT2D eigenvalue weighted by molar-refractivity contribution is 0.473. The Hall–Kier alpha value is -1.39. The fourth-order valence-corrected chi connectivity index (χ4v) is 3.44. The number of aryl methyl sites for hydroxylation is 1. The molecule has 20 heavy (non-hydrogen) atoms. The molecule has 0 saturated carbocycles. The second-order valence-corrected chi connectivity index (χ2v) is 7.13. The van der Waals surface area contributed by atoms with Crippen molar-refractivity contribution in [2.24, 2.45) is 0 Å². The van der Waals surface area contributed by atoms with E-state index in [-0.39, 0.29) is 0 Å². The zero-order chi connectivity index (χ0) is 14.6. The van der Waals surface area contributed by atoms with E-state index in [4.69, 9.17) is 0 Å². The highest BCUT2D eigenvalue weighted by molar-refractivity contribution is 7.89. The van der Waals surface area contributed by atoms with Gasteiger partial charge in [-0.15, -0.1) is 0 Å². The quantitative estimate of drug-likeness (QED) is 0.784. The van der Waals surface area contributed by atoms with Crippen LogP contribution in [0.5, 0.6) is 0 Å². The van der Waals surface area contributed by atoms with Gasteiger partial charge in [0.15, 0.2) is 0 Å². The van der Waals surface area contributed by atoms with Crippen LogP contribution in [0.3, 0.4) is 0 Å². The largest absolute Gasteiger partial charge is 0.243 e. The molecule has 0 saturated heterocycles. The van der Waals surface area contributed by atoms with Crippen LogP contribution in [-0.2, 0) is 10.0 Å². The minimum atomic E-state index is -3.42. The van der Waals surface area contributed by atoms with E-state index in [1.54, 1.807) is 12.1 Å². The lowest BCUT2D eigenvalue weighted by atomic mass is 10.1. The Bertz CT molecular complexity index is 612. The number of hydrogen-bond acceptors (Lipinski definition) is 2. The number of allylic oxidation sites excluding steroid dienone is 2. The summed E-state index contributed by atoms with van der Waals surface area (Å²) in [6.45, 7) is 4.87. The molecule has 1 aliphatic rings. The van der Waals surface area contributed by atoms with Crippen LogP contribution in [0.1, 0.15) is 25.3 Å². The van der Waals surface area contributed by atoms with Crippen LogP contribution in [0.2, 0.25) is 0 Å². The van der Waals surface area contributed by atoms with Crippen LogP contribution in [0.15, 0.2) is 53.0 Å². The van der Waals surface area contributed by atoms with E-state index in [1.165, 1.54) is 9.88 Å². The summed E-state index contributed by atoms with van der Waals surface area (Å²) in [5, 5.41) is 0. The van der Waals surface area contributed by atoms with Gasteiger partial charge in [0.1, 0.15) is 0 Å². The summed E-state index contributed by atoms with van der Waals surface area (Å²) in [5.41, 5.74) is 2.30. The second kappa shape index (κ2) is 6.37. The van der Waals surface area contributed by atoms with E-state index >= 15 is 0 Å². The Labute approximate surface area is 121 Å². The van der Waals surface area contributed by atoms with Crippen molar-refractivity contribution in [1.82, 2.24) is 4.31 Å². The van der Waals surface area contributed by atoms with Crippen molar-refractivity contribution < 1.29 is 8.42 Å². The normalized spacial score (nSPS) is 22.2. The van der Waals surface area contributed by atoms with Gasteiger partial charge in [-0.05, 0) is 38.8 Å². The van der Waals surface area contributed by atoms with Gasteiger partial charge in [-0.1, -0.05) is 41.5 Å².